The van der Waals surface area contributed by atoms with E-state index in [-0.39, 0.29) is 12.1 Å². The van der Waals surface area contributed by atoms with Crippen molar-refractivity contribution in [3.63, 3.8) is 0 Å². The molecule has 29 heavy (non-hydrogen) atoms. The Morgan fingerprint density at radius 3 is 2.76 bits per heavy atom. The summed E-state index contributed by atoms with van der Waals surface area (Å²) >= 11 is 0. The first-order valence-electron chi connectivity index (χ1n) is 11.5. The van der Waals surface area contributed by atoms with Gasteiger partial charge in [0.05, 0.1) is 0 Å². The van der Waals surface area contributed by atoms with Crippen LogP contribution in [0.4, 0.5) is 4.79 Å². The Bertz CT molecular complexity index is 911. The Kier molecular flexibility index (Phi) is 4.81. The normalized spacial score (nSPS) is 26.8. The van der Waals surface area contributed by atoms with E-state index >= 15 is 0 Å². The van der Waals surface area contributed by atoms with Crippen LogP contribution in [0.25, 0.3) is 10.9 Å². The second-order valence-corrected chi connectivity index (χ2v) is 9.29. The highest BCUT2D eigenvalue weighted by Gasteiger charge is 2.41. The number of aromatic amines is 1. The predicted octanol–water partition coefficient (Wildman–Crippen LogP) is 4.20. The quantitative estimate of drug-likeness (QED) is 0.817. The van der Waals surface area contributed by atoms with Crippen LogP contribution in [0.2, 0.25) is 0 Å². The number of carbonyl (C=O) groups is 1. The number of likely N-dealkylation sites (N-methyl/N-ethyl adjacent to an activating group) is 1. The fraction of sp³-hybridized carbons (Fsp3) is 0.625. The Balaban J connectivity index is 1.46. The molecule has 0 spiro atoms. The van der Waals surface area contributed by atoms with Gasteiger partial charge in [0, 0.05) is 54.2 Å². The fourth-order valence-electron chi connectivity index (χ4n) is 5.98. The maximum absolute atomic E-state index is 12.6. The lowest BCUT2D eigenvalue weighted by Crippen LogP contribution is -2.56. The molecule has 1 aromatic heterocycles. The lowest BCUT2D eigenvalue weighted by Gasteiger charge is -2.46. The molecule has 2 aromatic rings. The molecule has 3 atom stereocenters. The van der Waals surface area contributed by atoms with E-state index in [1.807, 2.05) is 18.7 Å². The highest BCUT2D eigenvalue weighted by Crippen LogP contribution is 2.48. The number of fused-ring (bicyclic) bond motifs is 2. The monoisotopic (exact) mass is 394 g/mol. The lowest BCUT2D eigenvalue weighted by atomic mass is 9.72. The van der Waals surface area contributed by atoms with Crippen LogP contribution in [-0.2, 0) is 6.42 Å². The average Bonchev–Trinajstić information content (AvgIpc) is 3.02. The summed E-state index contributed by atoms with van der Waals surface area (Å²) in [5, 5.41) is 4.81. The molecule has 2 fully saturated rings. The van der Waals surface area contributed by atoms with Crippen molar-refractivity contribution >= 4 is 16.9 Å². The van der Waals surface area contributed by atoms with Crippen molar-refractivity contribution in [1.29, 1.82) is 0 Å². The number of benzene rings is 1. The molecule has 156 valence electrons. The highest BCUT2D eigenvalue weighted by molar-refractivity contribution is 5.90. The molecule has 5 heteroatoms. The van der Waals surface area contributed by atoms with Gasteiger partial charge < -0.3 is 20.1 Å². The number of carbonyl (C=O) groups excluding carboxylic acids is 1. The van der Waals surface area contributed by atoms with Crippen LogP contribution in [-0.4, -0.2) is 59.6 Å². The van der Waals surface area contributed by atoms with E-state index in [2.05, 4.69) is 40.4 Å². The third kappa shape index (κ3) is 3.05. The van der Waals surface area contributed by atoms with Gasteiger partial charge in [-0.05, 0) is 69.7 Å². The Hall–Kier alpha value is -2.01. The molecule has 0 radical (unpaired) electrons. The van der Waals surface area contributed by atoms with E-state index in [0.29, 0.717) is 12.0 Å². The third-order valence-corrected chi connectivity index (χ3v) is 7.77. The van der Waals surface area contributed by atoms with Gasteiger partial charge in [0.1, 0.15) is 0 Å². The molecular formula is C24H34N4O. The van der Waals surface area contributed by atoms with Crippen LogP contribution in [0.3, 0.4) is 0 Å². The minimum atomic E-state index is 0.0791. The number of piperidine rings is 1. The summed E-state index contributed by atoms with van der Waals surface area (Å²) < 4.78 is 0. The van der Waals surface area contributed by atoms with Gasteiger partial charge in [0.15, 0.2) is 0 Å². The number of hydrogen-bond acceptors (Lipinski definition) is 2. The largest absolute Gasteiger partial charge is 0.358 e. The third-order valence-electron chi connectivity index (χ3n) is 7.77. The minimum absolute atomic E-state index is 0.0791. The van der Waals surface area contributed by atoms with Gasteiger partial charge in [-0.2, -0.15) is 0 Å². The molecule has 2 N–H and O–H groups in total. The predicted molar refractivity (Wildman–Crippen MR) is 118 cm³/mol. The van der Waals surface area contributed by atoms with E-state index in [9.17, 15) is 4.79 Å². The molecular weight excluding hydrogens is 360 g/mol. The number of urea groups is 1. The Morgan fingerprint density at radius 1 is 1.28 bits per heavy atom. The maximum atomic E-state index is 12.6. The van der Waals surface area contributed by atoms with Gasteiger partial charge in [-0.15, -0.1) is 0 Å². The number of amides is 2. The second-order valence-electron chi connectivity index (χ2n) is 9.29. The standard InChI is InChI=1S/C24H34N4O/c1-4-28(5-2)24(29)25-16-12-18-17-10-7-11-20-22(17)19(13-21(18)27(3)14-16)23(26-20)15-8-6-9-15/h7,10-11,15-16,18,21,26H,4-6,8-9,12-14H2,1-3H3,(H,25,29)/t16?,18?,21-/m1/s1. The Morgan fingerprint density at radius 2 is 2.07 bits per heavy atom. The number of hydrogen-bond donors (Lipinski definition) is 2. The number of H-pyrrole nitrogens is 1. The highest BCUT2D eigenvalue weighted by atomic mass is 16.2. The van der Waals surface area contributed by atoms with Crippen molar-refractivity contribution in [2.24, 2.45) is 0 Å². The zero-order chi connectivity index (χ0) is 20.1. The number of likely N-dealkylation sites (tertiary alicyclic amines) is 1. The number of rotatable bonds is 4. The van der Waals surface area contributed by atoms with Crippen LogP contribution in [0.1, 0.15) is 68.2 Å². The summed E-state index contributed by atoms with van der Waals surface area (Å²) in [5.41, 5.74) is 5.90. The molecule has 2 heterocycles. The summed E-state index contributed by atoms with van der Waals surface area (Å²) in [5.74, 6) is 1.22. The lowest BCUT2D eigenvalue weighted by molar-refractivity contribution is 0.123. The van der Waals surface area contributed by atoms with Crippen molar-refractivity contribution in [2.75, 3.05) is 26.7 Å². The molecule has 1 aliphatic heterocycles. The topological polar surface area (TPSA) is 51.4 Å². The minimum Gasteiger partial charge on any atom is -0.358 e. The molecule has 5 rings (SSSR count). The number of aromatic nitrogens is 1. The number of nitrogens with one attached hydrogen (secondary N) is 2. The first-order valence-corrected chi connectivity index (χ1v) is 11.5. The summed E-state index contributed by atoms with van der Waals surface area (Å²) in [4.78, 5) is 20.8. The molecule has 1 saturated heterocycles. The van der Waals surface area contributed by atoms with Crippen LogP contribution in [0.5, 0.6) is 0 Å². The molecule has 2 amide bonds. The first-order chi connectivity index (χ1) is 14.1. The average molecular weight is 395 g/mol. The smallest absolute Gasteiger partial charge is 0.317 e. The molecule has 1 saturated carbocycles. The van der Waals surface area contributed by atoms with E-state index in [1.165, 1.54) is 41.4 Å². The molecule has 2 aliphatic carbocycles. The summed E-state index contributed by atoms with van der Waals surface area (Å²) in [6.45, 7) is 6.53. The van der Waals surface area contributed by atoms with E-state index in [0.717, 1.165) is 38.4 Å². The van der Waals surface area contributed by atoms with E-state index in [4.69, 9.17) is 0 Å². The SMILES string of the molecule is CCN(CC)C(=O)NC1CC2c3cccc4[nH]c(C5CCC5)c(c34)C[C@H]2N(C)C1. The fourth-order valence-corrected chi connectivity index (χ4v) is 5.98. The maximum Gasteiger partial charge on any atom is 0.317 e. The van der Waals surface area contributed by atoms with Crippen LogP contribution in [0, 0.1) is 0 Å². The van der Waals surface area contributed by atoms with Gasteiger partial charge in [0.2, 0.25) is 0 Å². The van der Waals surface area contributed by atoms with Gasteiger partial charge in [0.25, 0.3) is 0 Å². The Labute approximate surface area is 173 Å². The van der Waals surface area contributed by atoms with Gasteiger partial charge in [-0.1, -0.05) is 18.6 Å². The van der Waals surface area contributed by atoms with Crippen molar-refractivity contribution < 1.29 is 4.79 Å². The van der Waals surface area contributed by atoms with E-state index < -0.39 is 0 Å². The van der Waals surface area contributed by atoms with Crippen molar-refractivity contribution in [1.82, 2.24) is 20.1 Å². The summed E-state index contributed by atoms with van der Waals surface area (Å²) in [6.07, 6.45) is 6.20. The van der Waals surface area contributed by atoms with Gasteiger partial charge >= 0.3 is 6.03 Å². The summed E-state index contributed by atoms with van der Waals surface area (Å²) in [6, 6.07) is 7.61. The molecule has 0 bridgehead atoms. The van der Waals surface area contributed by atoms with E-state index in [1.54, 1.807) is 5.56 Å². The number of nitrogens with zero attached hydrogens (tertiary/aromatic N) is 2. The van der Waals surface area contributed by atoms with Crippen LogP contribution >= 0.6 is 0 Å². The van der Waals surface area contributed by atoms with Crippen molar-refractivity contribution in [3.8, 4) is 0 Å². The van der Waals surface area contributed by atoms with Gasteiger partial charge in [-0.3, -0.25) is 0 Å². The molecule has 1 aromatic carbocycles. The zero-order valence-electron chi connectivity index (χ0n) is 18.0. The molecule has 2 unspecified atom stereocenters. The van der Waals surface area contributed by atoms with Crippen molar-refractivity contribution in [2.45, 2.75) is 69.9 Å². The molecule has 5 nitrogen and oxygen atoms in total. The first kappa shape index (κ1) is 19.0. The second kappa shape index (κ2) is 7.35. The molecule has 3 aliphatic rings. The zero-order valence-corrected chi connectivity index (χ0v) is 18.0. The summed E-state index contributed by atoms with van der Waals surface area (Å²) in [7, 11) is 2.24. The van der Waals surface area contributed by atoms with Gasteiger partial charge in [-0.25, -0.2) is 4.79 Å². The van der Waals surface area contributed by atoms with Crippen LogP contribution < -0.4 is 5.32 Å². The van der Waals surface area contributed by atoms with Crippen LogP contribution in [0.15, 0.2) is 18.2 Å². The van der Waals surface area contributed by atoms with Crippen molar-refractivity contribution in [3.05, 3.63) is 35.0 Å².